The zero-order valence-corrected chi connectivity index (χ0v) is 20.3. The van der Waals surface area contributed by atoms with Crippen LogP contribution in [0.1, 0.15) is 52.2 Å². The summed E-state index contributed by atoms with van der Waals surface area (Å²) >= 11 is 3.07. The van der Waals surface area contributed by atoms with Crippen molar-refractivity contribution in [2.24, 2.45) is 7.05 Å². The lowest BCUT2D eigenvalue weighted by Crippen LogP contribution is -2.51. The fraction of sp³-hybridized carbons (Fsp3) is 0.688. The molecule has 0 saturated heterocycles. The van der Waals surface area contributed by atoms with Crippen molar-refractivity contribution in [2.45, 2.75) is 48.2 Å². The first kappa shape index (κ1) is 20.5. The number of aromatic nitrogens is 2. The van der Waals surface area contributed by atoms with E-state index >= 15 is 0 Å². The molecule has 13 heteroatoms. The summed E-state index contributed by atoms with van der Waals surface area (Å²) in [4.78, 5) is 25.9. The van der Waals surface area contributed by atoms with E-state index in [9.17, 15) is 23.1 Å². The van der Waals surface area contributed by atoms with Crippen molar-refractivity contribution >= 4 is 60.8 Å². The minimum Gasteiger partial charge on any atom is -0.476 e. The molecule has 2 fully saturated rings. The van der Waals surface area contributed by atoms with Gasteiger partial charge in [0.25, 0.3) is 5.91 Å². The van der Waals surface area contributed by atoms with Crippen LogP contribution in [0.5, 0.6) is 0 Å². The lowest BCUT2D eigenvalue weighted by molar-refractivity contribution is 0.0688. The predicted octanol–water partition coefficient (Wildman–Crippen LogP) is 2.20. The predicted molar refractivity (Wildman–Crippen MR) is 118 cm³/mol. The van der Waals surface area contributed by atoms with Gasteiger partial charge in [0.1, 0.15) is 5.69 Å². The minimum absolute atomic E-state index is 0.115. The van der Waals surface area contributed by atoms with Gasteiger partial charge in [-0.2, -0.15) is 5.10 Å². The highest BCUT2D eigenvalue weighted by Gasteiger charge is 2.60. The zero-order valence-electron chi connectivity index (χ0n) is 16.6. The second kappa shape index (κ2) is 7.92. The smallest absolute Gasteiger partial charge is 0.356 e. The van der Waals surface area contributed by atoms with Crippen molar-refractivity contribution < 1.29 is 27.3 Å². The zero-order chi connectivity index (χ0) is 21.8. The highest BCUT2D eigenvalue weighted by atomic mass is 127. The number of amides is 1. The number of hydrogen-bond acceptors (Lipinski definition) is 7. The fourth-order valence-electron chi connectivity index (χ4n) is 4.19. The highest BCUT2D eigenvalue weighted by Crippen LogP contribution is 2.51. The quantitative estimate of drug-likeness (QED) is 0.285. The molecule has 1 aromatic rings. The third-order valence-electron chi connectivity index (χ3n) is 6.06. The van der Waals surface area contributed by atoms with E-state index in [-0.39, 0.29) is 36.5 Å². The van der Waals surface area contributed by atoms with E-state index in [0.717, 1.165) is 11.7 Å². The van der Waals surface area contributed by atoms with Crippen molar-refractivity contribution in [1.82, 2.24) is 14.7 Å². The standard InChI is InChI=1S/C16H21IN3O6PS2/c1-19-13-11(12(18-19)15(22)23)2-5-20(14(13)21)8-16(3-4-16)29(24,25)10-6-9(7-10)26-28-27-17/h9-10,27H,2-8H2,1H3,(H,22,23)/i27T. The molecule has 2 saturated carbocycles. The Morgan fingerprint density at radius 3 is 2.79 bits per heavy atom. The van der Waals surface area contributed by atoms with Crippen LogP contribution in [0.2, 0.25) is 0 Å². The molecule has 4 rings (SSSR count). The molecule has 0 spiro atoms. The number of carboxylic acids is 1. The van der Waals surface area contributed by atoms with Gasteiger partial charge in [-0.1, -0.05) is 0 Å². The monoisotopic (exact) mass is 575 g/mol. The summed E-state index contributed by atoms with van der Waals surface area (Å²) in [5.41, 5.74) is 0.530. The van der Waals surface area contributed by atoms with Gasteiger partial charge < -0.3 is 14.2 Å². The third kappa shape index (κ3) is 3.72. The molecule has 1 amide bonds. The first-order chi connectivity index (χ1) is 14.1. The molecule has 0 radical (unpaired) electrons. The molecule has 3 aliphatic rings. The number of rotatable bonds is 8. The van der Waals surface area contributed by atoms with E-state index in [1.807, 2.05) is 22.0 Å². The Morgan fingerprint density at radius 2 is 2.21 bits per heavy atom. The van der Waals surface area contributed by atoms with Gasteiger partial charge in [-0.15, -0.1) is 0 Å². The number of aryl methyl sites for hydroxylation is 1. The Labute approximate surface area is 188 Å². The Bertz CT molecular complexity index is 993. The molecule has 1 aliphatic heterocycles. The molecule has 29 heavy (non-hydrogen) atoms. The molecule has 2 aliphatic carbocycles. The first-order valence-electron chi connectivity index (χ1n) is 9.60. The van der Waals surface area contributed by atoms with Crippen molar-refractivity contribution in [3.8, 4) is 0 Å². The summed E-state index contributed by atoms with van der Waals surface area (Å²) in [7, 11) is -1.89. The maximum Gasteiger partial charge on any atom is 0.356 e. The fourth-order valence-corrected chi connectivity index (χ4v) is 8.45. The van der Waals surface area contributed by atoms with Crippen molar-refractivity contribution in [3.63, 3.8) is 0 Å². The van der Waals surface area contributed by atoms with Gasteiger partial charge in [-0.3, -0.25) is 9.48 Å². The number of nitrogens with zero attached hydrogens (tertiary/aromatic N) is 3. The topological polar surface area (TPSA) is 119 Å². The van der Waals surface area contributed by atoms with Gasteiger partial charge in [0.2, 0.25) is 0 Å². The first-order valence-corrected chi connectivity index (χ1v) is 15.7. The average Bonchev–Trinajstić information content (AvgIpc) is 3.33. The second-order valence-corrected chi connectivity index (χ2v) is 15.3. The minimum atomic E-state index is -3.42. The second-order valence-electron chi connectivity index (χ2n) is 7.76. The summed E-state index contributed by atoms with van der Waals surface area (Å²) in [5, 5.41) is 11.7. The molecule has 160 valence electrons. The lowest BCUT2D eigenvalue weighted by Gasteiger charge is -2.38. The summed E-state index contributed by atoms with van der Waals surface area (Å²) in [6.45, 7) is 0.411. The summed E-state index contributed by atoms with van der Waals surface area (Å²) in [5.74, 6) is -1.54. The van der Waals surface area contributed by atoms with Crippen LogP contribution in [-0.2, 0) is 27.5 Å². The van der Waals surface area contributed by atoms with Crippen LogP contribution in [-0.4, -0.2) is 70.6 Å². The molecule has 0 bridgehead atoms. The van der Waals surface area contributed by atoms with Crippen LogP contribution in [0.25, 0.3) is 0 Å². The van der Waals surface area contributed by atoms with E-state index in [4.69, 9.17) is 5.46 Å². The molecule has 1 aromatic heterocycles. The molecular formula is C16H21IN3O6PS2. The SMILES string of the molecule is [3H]P(I)SOC1CC(S(=O)(=O)C2(CN3CCc4c(C(=O)O)nn(C)c4C3=O)CC2)C1. The van der Waals surface area contributed by atoms with Crippen LogP contribution >= 0.6 is 39.1 Å². The number of carbonyl (C=O) groups excluding carboxylic acids is 1. The Morgan fingerprint density at radius 1 is 1.52 bits per heavy atom. The van der Waals surface area contributed by atoms with Crippen LogP contribution < -0.4 is 0 Å². The number of aromatic carboxylic acids is 1. The van der Waals surface area contributed by atoms with E-state index < -0.39 is 31.2 Å². The molecule has 0 aromatic carbocycles. The van der Waals surface area contributed by atoms with Gasteiger partial charge in [0.15, 0.2) is 15.5 Å². The van der Waals surface area contributed by atoms with Gasteiger partial charge in [0.05, 0.1) is 17.4 Å². The summed E-state index contributed by atoms with van der Waals surface area (Å²) in [6, 6.07) is 0. The maximum atomic E-state index is 13.2. The van der Waals surface area contributed by atoms with Crippen molar-refractivity contribution in [1.29, 1.82) is 1.28 Å². The van der Waals surface area contributed by atoms with Gasteiger partial charge >= 0.3 is 5.97 Å². The van der Waals surface area contributed by atoms with E-state index in [0.29, 0.717) is 37.7 Å². The van der Waals surface area contributed by atoms with Crippen molar-refractivity contribution in [2.75, 3.05) is 13.1 Å². The van der Waals surface area contributed by atoms with Crippen LogP contribution in [0.3, 0.4) is 0 Å². The summed E-state index contributed by atoms with van der Waals surface area (Å²) in [6.07, 6.45) is 2.12. The molecule has 9 nitrogen and oxygen atoms in total. The maximum absolute atomic E-state index is 13.2. The number of carboxylic acid groups (broad SMARTS) is 1. The van der Waals surface area contributed by atoms with E-state index in [1.165, 1.54) is 16.6 Å². The van der Waals surface area contributed by atoms with Crippen LogP contribution in [0.15, 0.2) is 0 Å². The highest BCUT2D eigenvalue weighted by molar-refractivity contribution is 14.2. The number of hydrogen-bond donors (Lipinski definition) is 1. The Balaban J connectivity index is 1.45. The number of fused-ring (bicyclic) bond motifs is 1. The summed E-state index contributed by atoms with van der Waals surface area (Å²) < 4.78 is 39.8. The van der Waals surface area contributed by atoms with Crippen molar-refractivity contribution in [3.05, 3.63) is 17.0 Å². The number of sulfone groups is 1. The van der Waals surface area contributed by atoms with Gasteiger partial charge in [-0.25, -0.2) is 13.2 Å². The van der Waals surface area contributed by atoms with Crippen LogP contribution in [0, 0.1) is 0 Å². The Hall–Kier alpha value is -0.430. The van der Waals surface area contributed by atoms with E-state index in [1.54, 1.807) is 0 Å². The van der Waals surface area contributed by atoms with E-state index in [2.05, 4.69) is 5.10 Å². The Kier molecular flexibility index (Phi) is 5.59. The normalized spacial score (nSPS) is 27.0. The largest absolute Gasteiger partial charge is 0.476 e. The molecule has 1 unspecified atom stereocenters. The molecule has 1 atom stereocenters. The lowest BCUT2D eigenvalue weighted by atomic mass is 9.96. The van der Waals surface area contributed by atoms with Gasteiger partial charge in [0, 0.05) is 42.7 Å². The average molecular weight is 575 g/mol. The third-order valence-corrected chi connectivity index (χ3v) is 11.4. The molecule has 1 N–H and O–H groups in total. The number of halogens is 1. The van der Waals surface area contributed by atoms with Gasteiger partial charge in [-0.05, 0) is 54.1 Å². The molecule has 2 heterocycles. The molecular weight excluding hydrogens is 552 g/mol. The van der Waals surface area contributed by atoms with Crippen LogP contribution in [0.4, 0.5) is 0 Å². The number of carbonyl (C=O) groups is 2.